The molecular formula is C44H58N6OS3. The Bertz CT molecular complexity index is 2020. The first kappa shape index (κ1) is 44.6. The largest absolute Gasteiger partial charge is 0.321 e. The van der Waals surface area contributed by atoms with Crippen molar-refractivity contribution in [1.29, 1.82) is 0 Å². The average Bonchev–Trinajstić information content (AvgIpc) is 3.85. The molecule has 10 heteroatoms. The summed E-state index contributed by atoms with van der Waals surface area (Å²) < 4.78 is 16.1. The number of hydrogen-bond acceptors (Lipinski definition) is 6. The molecule has 6 rings (SSSR count). The highest BCUT2D eigenvalue weighted by Crippen LogP contribution is 2.38. The zero-order valence-electron chi connectivity index (χ0n) is 31.0. The standard InChI is InChI=1S/C23H29N3OS2.C19H21N3S.2CH4/c1-22(2,3)29(27)26-23(4,15-20-10-6-7-12-25-20)21-14-18(16-28-21)17-9-8-11-19(13-17)24-5;1-19(20,12-17-7-3-4-9-22-17)18-11-15(13-23-18)14-6-5-8-16(10-14)21-2;;/h8-9,11,13-14,16,26H,6-7,10,12,15H2,1-4H3;5-6,8,10-11,13H,3-4,7,9,12,20H2,1H3;2*1H4/t23-,29?;19-;;/m00../s1. The maximum Gasteiger partial charge on any atom is 0.187 e. The highest BCUT2D eigenvalue weighted by molar-refractivity contribution is 7.84. The lowest BCUT2D eigenvalue weighted by atomic mass is 9.90. The molecular weight excluding hydrogens is 725 g/mol. The van der Waals surface area contributed by atoms with E-state index in [9.17, 15) is 4.21 Å². The van der Waals surface area contributed by atoms with Gasteiger partial charge in [0.2, 0.25) is 0 Å². The monoisotopic (exact) mass is 782 g/mol. The van der Waals surface area contributed by atoms with Crippen LogP contribution in [0, 0.1) is 13.1 Å². The fourth-order valence-electron chi connectivity index (χ4n) is 6.33. The van der Waals surface area contributed by atoms with E-state index in [0.717, 1.165) is 72.3 Å². The van der Waals surface area contributed by atoms with Gasteiger partial charge in [0.05, 0.1) is 40.0 Å². The number of nitrogens with two attached hydrogens (primary N) is 1. The van der Waals surface area contributed by atoms with Gasteiger partial charge in [0.1, 0.15) is 0 Å². The molecule has 0 aliphatic carbocycles. The molecule has 2 aliphatic heterocycles. The molecule has 2 aromatic carbocycles. The molecule has 2 aromatic heterocycles. The normalized spacial score (nSPS) is 16.9. The molecule has 288 valence electrons. The van der Waals surface area contributed by atoms with Crippen molar-refractivity contribution in [1.82, 2.24) is 4.72 Å². The van der Waals surface area contributed by atoms with Crippen molar-refractivity contribution < 1.29 is 4.21 Å². The highest BCUT2D eigenvalue weighted by Gasteiger charge is 2.35. The van der Waals surface area contributed by atoms with Crippen molar-refractivity contribution in [2.45, 2.75) is 117 Å². The Kier molecular flexibility index (Phi) is 16.3. The van der Waals surface area contributed by atoms with Crippen LogP contribution in [0.5, 0.6) is 0 Å². The first-order valence-electron chi connectivity index (χ1n) is 18.0. The van der Waals surface area contributed by atoms with Gasteiger partial charge in [-0.25, -0.2) is 18.6 Å². The van der Waals surface area contributed by atoms with E-state index in [2.05, 4.69) is 56.1 Å². The molecule has 3 N–H and O–H groups in total. The number of aliphatic imine (C=N–C) groups is 2. The van der Waals surface area contributed by atoms with Crippen LogP contribution < -0.4 is 10.5 Å². The van der Waals surface area contributed by atoms with Gasteiger partial charge < -0.3 is 5.73 Å². The van der Waals surface area contributed by atoms with Crippen LogP contribution in [0.1, 0.15) is 111 Å². The van der Waals surface area contributed by atoms with Gasteiger partial charge in [0, 0.05) is 47.1 Å². The topological polar surface area (TPSA) is 88.6 Å². The van der Waals surface area contributed by atoms with Crippen LogP contribution in [0.2, 0.25) is 0 Å². The molecule has 0 amide bonds. The molecule has 4 heterocycles. The summed E-state index contributed by atoms with van der Waals surface area (Å²) in [6, 6.07) is 19.8. The van der Waals surface area contributed by atoms with Gasteiger partial charge in [-0.1, -0.05) is 51.3 Å². The highest BCUT2D eigenvalue weighted by atomic mass is 32.2. The minimum Gasteiger partial charge on any atom is -0.321 e. The SMILES string of the molecule is C.C.[C-]#[N+]c1cccc(-c2csc([C@@](C)(N)CC3=NCCCC3)c2)c1.[C-]#[N+]c1cccc(-c2csc([C@](C)(CC3=NCCCC3)NS(=O)C(C)(C)C)c2)c1. The summed E-state index contributed by atoms with van der Waals surface area (Å²) in [6.07, 6.45) is 8.45. The third-order valence-electron chi connectivity index (χ3n) is 9.34. The Labute approximate surface area is 335 Å². The van der Waals surface area contributed by atoms with E-state index in [1.807, 2.05) is 69.3 Å². The quantitative estimate of drug-likeness (QED) is 0.157. The van der Waals surface area contributed by atoms with Crippen LogP contribution in [-0.2, 0) is 22.1 Å². The Morgan fingerprint density at radius 3 is 1.67 bits per heavy atom. The summed E-state index contributed by atoms with van der Waals surface area (Å²) in [7, 11) is -1.19. The fraction of sp³-hybridized carbons (Fsp3) is 0.455. The van der Waals surface area contributed by atoms with E-state index in [1.165, 1.54) is 35.6 Å². The van der Waals surface area contributed by atoms with E-state index in [1.54, 1.807) is 22.7 Å². The summed E-state index contributed by atoms with van der Waals surface area (Å²) in [5.41, 5.74) is 13.9. The van der Waals surface area contributed by atoms with Crippen molar-refractivity contribution in [3.8, 4) is 22.3 Å². The zero-order chi connectivity index (χ0) is 37.4. The lowest BCUT2D eigenvalue weighted by Crippen LogP contribution is -2.47. The van der Waals surface area contributed by atoms with Crippen LogP contribution in [0.4, 0.5) is 11.4 Å². The Balaban J connectivity index is 0.000000287. The maximum atomic E-state index is 13.0. The summed E-state index contributed by atoms with van der Waals surface area (Å²) in [6.45, 7) is 26.4. The van der Waals surface area contributed by atoms with Gasteiger partial charge in [-0.15, -0.1) is 22.7 Å². The molecule has 0 bridgehead atoms. The van der Waals surface area contributed by atoms with Crippen LogP contribution in [-0.4, -0.2) is 33.5 Å². The minimum absolute atomic E-state index is 0. The van der Waals surface area contributed by atoms with E-state index in [-0.39, 0.29) is 25.1 Å². The van der Waals surface area contributed by atoms with Crippen LogP contribution >= 0.6 is 22.7 Å². The lowest BCUT2D eigenvalue weighted by molar-refractivity contribution is 0.461. The predicted octanol–water partition coefficient (Wildman–Crippen LogP) is 12.7. The second-order valence-corrected chi connectivity index (χ2v) is 18.9. The van der Waals surface area contributed by atoms with Crippen molar-refractivity contribution in [2.75, 3.05) is 13.1 Å². The van der Waals surface area contributed by atoms with Gasteiger partial charge >= 0.3 is 0 Å². The van der Waals surface area contributed by atoms with Crippen molar-refractivity contribution >= 4 is 56.5 Å². The lowest BCUT2D eigenvalue weighted by Gasteiger charge is -2.33. The molecule has 0 spiro atoms. The summed E-state index contributed by atoms with van der Waals surface area (Å²) in [5, 5.41) is 4.26. The third kappa shape index (κ3) is 11.9. The van der Waals surface area contributed by atoms with Gasteiger partial charge in [-0.2, -0.15) is 0 Å². The molecule has 4 aromatic rings. The second-order valence-electron chi connectivity index (χ2n) is 15.1. The van der Waals surface area contributed by atoms with Crippen molar-refractivity contribution in [3.05, 3.63) is 104 Å². The number of benzene rings is 2. The molecule has 7 nitrogen and oxygen atoms in total. The molecule has 0 saturated heterocycles. The summed E-state index contributed by atoms with van der Waals surface area (Å²) in [5.74, 6) is 0. The number of rotatable bonds is 10. The van der Waals surface area contributed by atoms with Crippen molar-refractivity contribution in [2.24, 2.45) is 15.7 Å². The molecule has 0 radical (unpaired) electrons. The van der Waals surface area contributed by atoms with Gasteiger partial charge in [-0.05, 0) is 130 Å². The zero-order valence-corrected chi connectivity index (χ0v) is 33.4. The van der Waals surface area contributed by atoms with Gasteiger partial charge in [0.25, 0.3) is 0 Å². The molecule has 0 saturated carbocycles. The van der Waals surface area contributed by atoms with Crippen molar-refractivity contribution in [3.63, 3.8) is 0 Å². The van der Waals surface area contributed by atoms with Gasteiger partial charge in [-0.3, -0.25) is 9.98 Å². The smallest absolute Gasteiger partial charge is 0.187 e. The summed E-state index contributed by atoms with van der Waals surface area (Å²) in [4.78, 5) is 18.7. The number of nitrogens with zero attached hydrogens (tertiary/aromatic N) is 4. The van der Waals surface area contributed by atoms with E-state index in [0.29, 0.717) is 11.4 Å². The second kappa shape index (κ2) is 19.7. The van der Waals surface area contributed by atoms with Gasteiger partial charge in [0.15, 0.2) is 11.4 Å². The predicted molar refractivity (Wildman–Crippen MR) is 237 cm³/mol. The number of thiophene rings is 2. The first-order chi connectivity index (χ1) is 24.8. The minimum atomic E-state index is -1.19. The first-order valence-corrected chi connectivity index (χ1v) is 20.9. The average molecular weight is 783 g/mol. The van der Waals surface area contributed by atoms with Crippen LogP contribution in [0.15, 0.2) is 81.4 Å². The Morgan fingerprint density at radius 2 is 1.20 bits per heavy atom. The molecule has 2 aliphatic rings. The fourth-order valence-corrected chi connectivity index (χ4v) is 9.32. The number of nitrogens with one attached hydrogen (secondary N) is 1. The maximum absolute atomic E-state index is 13.0. The summed E-state index contributed by atoms with van der Waals surface area (Å²) >= 11 is 3.37. The molecule has 1 unspecified atom stereocenters. The van der Waals surface area contributed by atoms with E-state index < -0.39 is 16.5 Å². The molecule has 54 heavy (non-hydrogen) atoms. The molecule has 0 fully saturated rings. The van der Waals surface area contributed by atoms with Crippen LogP contribution in [0.25, 0.3) is 31.9 Å². The van der Waals surface area contributed by atoms with E-state index in [4.69, 9.17) is 23.9 Å². The Morgan fingerprint density at radius 1 is 0.722 bits per heavy atom. The van der Waals surface area contributed by atoms with Crippen LogP contribution in [0.3, 0.4) is 0 Å². The molecule has 3 atom stereocenters. The Hall–Kier alpha value is -3.77. The third-order valence-corrected chi connectivity index (χ3v) is 13.5. The number of hydrogen-bond donors (Lipinski definition) is 2. The van der Waals surface area contributed by atoms with E-state index >= 15 is 0 Å².